The highest BCUT2D eigenvalue weighted by Gasteiger charge is 2.28. The first-order chi connectivity index (χ1) is 38.3. The van der Waals surface area contributed by atoms with Crippen molar-refractivity contribution >= 4 is 64.3 Å². The van der Waals surface area contributed by atoms with Gasteiger partial charge in [-0.05, 0) is 60.5 Å². The van der Waals surface area contributed by atoms with E-state index in [1.165, 1.54) is 29.3 Å². The smallest absolute Gasteiger partial charge is 0.321 e. The lowest BCUT2D eigenvalue weighted by atomic mass is 9.95. The van der Waals surface area contributed by atoms with Crippen molar-refractivity contribution in [1.82, 2.24) is 15.6 Å². The lowest BCUT2D eigenvalue weighted by Crippen LogP contribution is -2.38. The Bertz CT molecular complexity index is 2940. The Labute approximate surface area is 464 Å². The molecule has 2 heterocycles. The van der Waals surface area contributed by atoms with E-state index in [0.717, 1.165) is 30.4 Å². The minimum Gasteiger partial charge on any atom is -0.502 e. The number of nitrogens with two attached hydrogens (primary N) is 2. The van der Waals surface area contributed by atoms with Gasteiger partial charge in [-0.1, -0.05) is 80.1 Å². The van der Waals surface area contributed by atoms with Gasteiger partial charge in [0.05, 0.1) is 108 Å². The van der Waals surface area contributed by atoms with E-state index in [1.54, 1.807) is 29.2 Å². The molecule has 0 atom stereocenters. The predicted octanol–water partition coefficient (Wildman–Crippen LogP) is 5.73. The van der Waals surface area contributed by atoms with Crippen molar-refractivity contribution in [2.75, 3.05) is 104 Å². The van der Waals surface area contributed by atoms with Crippen LogP contribution < -0.4 is 37.3 Å². The average molecular weight is 1130 g/mol. The van der Waals surface area contributed by atoms with Gasteiger partial charge >= 0.3 is 6.72 Å². The summed E-state index contributed by atoms with van der Waals surface area (Å²) in [7, 11) is 0. The van der Waals surface area contributed by atoms with Crippen molar-refractivity contribution in [2.24, 2.45) is 11.6 Å². The molecule has 3 amide bonds. The summed E-state index contributed by atoms with van der Waals surface area (Å²) < 4.78 is 44.4. The number of carbonyl (C=O) groups excluding carboxylic acids is 3. The van der Waals surface area contributed by atoms with Crippen molar-refractivity contribution < 1.29 is 66.6 Å². The molecule has 1 aliphatic heterocycles. The maximum absolute atomic E-state index is 13.9. The second kappa shape index (κ2) is 32.5. The van der Waals surface area contributed by atoms with Crippen molar-refractivity contribution in [3.05, 3.63) is 136 Å². The number of para-hydroxylation sites is 1. The Morgan fingerprint density at radius 2 is 1.39 bits per heavy atom. The molecule has 21 nitrogen and oxygen atoms in total. The molecule has 23 heteroatoms. The van der Waals surface area contributed by atoms with Crippen LogP contribution in [0, 0.1) is 0 Å². The number of phenols is 1. The number of carbonyl (C=O) groups is 3. The zero-order valence-corrected chi connectivity index (χ0v) is 45.9. The number of hydrogen-bond donors (Lipinski definition) is 7. The molecule has 1 aliphatic rings. The van der Waals surface area contributed by atoms with Gasteiger partial charge in [0.1, 0.15) is 12.4 Å². The molecule has 0 spiro atoms. The lowest BCUT2D eigenvalue weighted by molar-refractivity contribution is -0.125. The zero-order valence-electron chi connectivity index (χ0n) is 44.1. The second-order valence-corrected chi connectivity index (χ2v) is 20.6. The highest BCUT2D eigenvalue weighted by molar-refractivity contribution is 8.06. The highest BCUT2D eigenvalue weighted by Crippen LogP contribution is 2.39. The first-order valence-electron chi connectivity index (χ1n) is 26.0. The van der Waals surface area contributed by atoms with Gasteiger partial charge in [0, 0.05) is 54.3 Å². The Hall–Kier alpha value is -6.53. The van der Waals surface area contributed by atoms with Crippen molar-refractivity contribution in [3.8, 4) is 22.8 Å². The van der Waals surface area contributed by atoms with Crippen LogP contribution in [0.2, 0.25) is 0 Å². The van der Waals surface area contributed by atoms with Crippen LogP contribution in [-0.4, -0.2) is 137 Å². The van der Waals surface area contributed by atoms with Gasteiger partial charge in [0.15, 0.2) is 16.8 Å². The third kappa shape index (κ3) is 19.7. The first kappa shape index (κ1) is 61.7. The molecule has 0 saturated carbocycles. The molecule has 4 aromatic carbocycles. The van der Waals surface area contributed by atoms with Crippen LogP contribution in [0.4, 0.5) is 5.69 Å². The van der Waals surface area contributed by atoms with Crippen LogP contribution in [0.1, 0.15) is 65.6 Å². The quantitative estimate of drug-likeness (QED) is 0.00838. The fourth-order valence-corrected chi connectivity index (χ4v) is 8.89. The van der Waals surface area contributed by atoms with Crippen molar-refractivity contribution in [3.63, 3.8) is 0 Å². The summed E-state index contributed by atoms with van der Waals surface area (Å²) in [6.07, 6.45) is 4.47. The molecule has 0 saturated heterocycles. The maximum Gasteiger partial charge on any atom is 0.321 e. The maximum atomic E-state index is 13.9. The highest BCUT2D eigenvalue weighted by atomic mass is 32.5. The molecule has 6 rings (SSSR count). The van der Waals surface area contributed by atoms with E-state index in [2.05, 4.69) is 29.0 Å². The standard InChI is InChI=1S/C56H71N6O15PS/c1-2-26-75-48-20-19-45-47(63)38-49(77-55(45)54(48)66)40-15-17-41(18-16-40)56(67)60-24-28-70-30-32-72-34-36-74-37-35-73-33-31-71-29-25-62(58)53-44-13-7-8-14-46(44)61(39-42-11-5-6-12-43(42)52(53)57)51(65)22-21-50(64)59-23-9-3-4-10-27-76-78(68,69)79/h2,5-8,11-20,38,66H,1,3-4,9-10,21-37,39,57-58H2,(H,59,64)(H,60,67)(H2,68,69,79)/b53-52-. The normalized spacial score (nSPS) is 13.3. The number of phenolic OH excluding ortho intramolecular Hbond substituents is 1. The van der Waals surface area contributed by atoms with E-state index in [-0.39, 0.29) is 110 Å². The SMILES string of the molecule is C=CCOc1ccc2c(=O)cc(-c3ccc(C(=O)NCCOCCOCCOCCOCCOCCN(N)/C4=C(\N)c5ccccc5CN(C(=O)CCC(=O)NCCCCCCOP(O)(O)=S)c5ccccc54)cc3)oc2c1O. The fourth-order valence-electron chi connectivity index (χ4n) is 8.30. The number of unbranched alkanes of at least 4 members (excludes halogenated alkanes) is 3. The molecule has 9 N–H and O–H groups in total. The summed E-state index contributed by atoms with van der Waals surface area (Å²) in [4.78, 5) is 72.2. The zero-order chi connectivity index (χ0) is 56.4. The predicted molar refractivity (Wildman–Crippen MR) is 303 cm³/mol. The molecule has 0 bridgehead atoms. The molecule has 0 fully saturated rings. The van der Waals surface area contributed by atoms with Crippen LogP contribution in [0.15, 0.2) is 113 Å². The van der Waals surface area contributed by atoms with Crippen LogP contribution >= 0.6 is 6.72 Å². The molecule has 426 valence electrons. The third-order valence-electron chi connectivity index (χ3n) is 12.3. The lowest BCUT2D eigenvalue weighted by Gasteiger charge is -2.33. The van der Waals surface area contributed by atoms with E-state index in [4.69, 9.17) is 58.7 Å². The summed E-state index contributed by atoms with van der Waals surface area (Å²) in [5.41, 5.74) is 11.3. The fraction of sp³-hybridized carbons (Fsp3) is 0.393. The van der Waals surface area contributed by atoms with Gasteiger partial charge in [-0.2, -0.15) is 0 Å². The third-order valence-corrected chi connectivity index (χ3v) is 13.1. The first-order valence-corrected chi connectivity index (χ1v) is 28.7. The Balaban J connectivity index is 0.809. The molecular weight excluding hydrogens is 1060 g/mol. The number of nitrogens with zero attached hydrogens (tertiary/aromatic N) is 2. The number of anilines is 1. The van der Waals surface area contributed by atoms with Gasteiger partial charge in [0.25, 0.3) is 5.91 Å². The van der Waals surface area contributed by atoms with Gasteiger partial charge < -0.3 is 78.5 Å². The number of ether oxygens (including phenoxy) is 6. The summed E-state index contributed by atoms with van der Waals surface area (Å²) in [6, 6.07) is 25.9. The number of nitrogens with one attached hydrogen (secondary N) is 2. The largest absolute Gasteiger partial charge is 0.502 e. The van der Waals surface area contributed by atoms with Crippen LogP contribution in [-0.2, 0) is 56.1 Å². The topological polar surface area (TPSA) is 289 Å². The number of rotatable bonds is 35. The number of fused-ring (bicyclic) bond motifs is 3. The minimum absolute atomic E-state index is 0.0000396. The molecule has 5 aromatic rings. The summed E-state index contributed by atoms with van der Waals surface area (Å²) in [6.45, 7) is 4.91. The molecule has 0 radical (unpaired) electrons. The van der Waals surface area contributed by atoms with Gasteiger partial charge in [-0.15, -0.1) is 0 Å². The summed E-state index contributed by atoms with van der Waals surface area (Å²) >= 11 is 4.45. The number of amides is 3. The van der Waals surface area contributed by atoms with Crippen LogP contribution in [0.3, 0.4) is 0 Å². The van der Waals surface area contributed by atoms with Crippen molar-refractivity contribution in [2.45, 2.75) is 45.1 Å². The average Bonchev–Trinajstić information content (AvgIpc) is 3.47. The molecule has 0 unspecified atom stereocenters. The van der Waals surface area contributed by atoms with Crippen molar-refractivity contribution in [1.29, 1.82) is 0 Å². The number of hydrazine groups is 1. The number of benzene rings is 4. The van der Waals surface area contributed by atoms with Gasteiger partial charge in [-0.25, -0.2) is 5.84 Å². The second-order valence-electron chi connectivity index (χ2n) is 18.0. The molecule has 79 heavy (non-hydrogen) atoms. The molecular formula is C56H71N6O15PS. The summed E-state index contributed by atoms with van der Waals surface area (Å²) in [5, 5.41) is 18.1. The monoisotopic (exact) mass is 1130 g/mol. The van der Waals surface area contributed by atoms with E-state index >= 15 is 0 Å². The van der Waals surface area contributed by atoms with E-state index in [0.29, 0.717) is 99.6 Å². The minimum atomic E-state index is -3.64. The van der Waals surface area contributed by atoms with E-state index in [1.807, 2.05) is 48.5 Å². The van der Waals surface area contributed by atoms with Crippen LogP contribution in [0.25, 0.3) is 33.7 Å². The van der Waals surface area contributed by atoms with Crippen LogP contribution in [0.5, 0.6) is 11.5 Å². The number of aromatic hydroxyl groups is 1. The molecule has 0 aliphatic carbocycles. The molecule has 1 aromatic heterocycles. The van der Waals surface area contributed by atoms with E-state index < -0.39 is 6.72 Å². The Kier molecular flexibility index (Phi) is 25.4. The van der Waals surface area contributed by atoms with E-state index in [9.17, 15) is 24.3 Å². The van der Waals surface area contributed by atoms with Gasteiger partial charge in [-0.3, -0.25) is 19.2 Å². The van der Waals surface area contributed by atoms with Gasteiger partial charge in [0.2, 0.25) is 17.6 Å². The Morgan fingerprint density at radius 3 is 2.08 bits per heavy atom. The number of hydrogen-bond acceptors (Lipinski definition) is 17. The summed E-state index contributed by atoms with van der Waals surface area (Å²) in [5.74, 6) is 6.08. The Morgan fingerprint density at radius 1 is 0.759 bits per heavy atom.